The maximum absolute atomic E-state index is 10.5. The van der Waals surface area contributed by atoms with Crippen molar-refractivity contribution in [1.82, 2.24) is 14.5 Å². The molecule has 18 heavy (non-hydrogen) atoms. The number of likely N-dealkylation sites (N-methyl/N-ethyl adjacent to an activating group) is 1. The zero-order valence-corrected chi connectivity index (χ0v) is 11.5. The number of ether oxygens (including phenoxy) is 1. The Labute approximate surface area is 111 Å². The van der Waals surface area contributed by atoms with Crippen LogP contribution in [-0.4, -0.2) is 65.1 Å². The second-order valence-corrected chi connectivity index (χ2v) is 4.94. The van der Waals surface area contributed by atoms with Crippen molar-refractivity contribution in [2.45, 2.75) is 11.7 Å². The topological polar surface area (TPSA) is 67.6 Å². The Morgan fingerprint density at radius 3 is 3.00 bits per heavy atom. The number of carboxylic acids is 1. The molecule has 1 aromatic rings. The van der Waals surface area contributed by atoms with Gasteiger partial charge in [-0.1, -0.05) is 11.8 Å². The molecular weight excluding hydrogens is 254 g/mol. The molecule has 0 unspecified atom stereocenters. The lowest BCUT2D eigenvalue weighted by atomic mass is 10.6. The molecule has 0 saturated heterocycles. The first-order valence-electron chi connectivity index (χ1n) is 5.68. The van der Waals surface area contributed by atoms with Gasteiger partial charge in [0.2, 0.25) is 0 Å². The summed E-state index contributed by atoms with van der Waals surface area (Å²) in [4.78, 5) is 16.7. The van der Waals surface area contributed by atoms with Gasteiger partial charge in [0.15, 0.2) is 5.16 Å². The van der Waals surface area contributed by atoms with E-state index in [0.29, 0.717) is 24.9 Å². The lowest BCUT2D eigenvalue weighted by molar-refractivity contribution is -0.133. The summed E-state index contributed by atoms with van der Waals surface area (Å²) < 4.78 is 7.39. The van der Waals surface area contributed by atoms with Gasteiger partial charge in [0.25, 0.3) is 0 Å². The van der Waals surface area contributed by atoms with Gasteiger partial charge in [0, 0.05) is 25.5 Å². The fourth-order valence-corrected chi connectivity index (χ4v) is 1.95. The highest BCUT2D eigenvalue weighted by molar-refractivity contribution is 7.99. The summed E-state index contributed by atoms with van der Waals surface area (Å²) in [5.41, 5.74) is 0. The minimum absolute atomic E-state index is 0.0263. The zero-order chi connectivity index (χ0) is 13.4. The Balaban J connectivity index is 2.25. The largest absolute Gasteiger partial charge is 0.481 e. The van der Waals surface area contributed by atoms with Crippen LogP contribution < -0.4 is 0 Å². The molecule has 1 rings (SSSR count). The number of thioether (sulfide) groups is 1. The maximum Gasteiger partial charge on any atom is 0.313 e. The molecule has 0 fully saturated rings. The first kappa shape index (κ1) is 15.0. The van der Waals surface area contributed by atoms with E-state index in [-0.39, 0.29) is 5.75 Å². The van der Waals surface area contributed by atoms with E-state index in [1.54, 1.807) is 6.20 Å². The van der Waals surface area contributed by atoms with Crippen LogP contribution in [0, 0.1) is 0 Å². The standard InChI is InChI=1S/C11H19N3O3S/c1-13(2)5-7-17-8-6-14-4-3-12-11(14)18-9-10(15)16/h3-4H,5-9H2,1-2H3,(H,15,16). The summed E-state index contributed by atoms with van der Waals surface area (Å²) in [6.07, 6.45) is 3.50. The number of aromatic nitrogens is 2. The highest BCUT2D eigenvalue weighted by Gasteiger charge is 2.06. The summed E-state index contributed by atoms with van der Waals surface area (Å²) in [7, 11) is 4.00. The summed E-state index contributed by atoms with van der Waals surface area (Å²) >= 11 is 1.22. The zero-order valence-electron chi connectivity index (χ0n) is 10.7. The minimum Gasteiger partial charge on any atom is -0.481 e. The van der Waals surface area contributed by atoms with Crippen molar-refractivity contribution < 1.29 is 14.6 Å². The van der Waals surface area contributed by atoms with E-state index in [4.69, 9.17) is 9.84 Å². The summed E-state index contributed by atoms with van der Waals surface area (Å²) in [6.45, 7) is 2.88. The van der Waals surface area contributed by atoms with Crippen molar-refractivity contribution in [3.8, 4) is 0 Å². The Morgan fingerprint density at radius 2 is 2.33 bits per heavy atom. The molecule has 0 amide bonds. The molecule has 7 heteroatoms. The van der Waals surface area contributed by atoms with Crippen molar-refractivity contribution in [3.63, 3.8) is 0 Å². The Hall–Kier alpha value is -1.05. The van der Waals surface area contributed by atoms with Crippen LogP contribution in [0.15, 0.2) is 17.6 Å². The molecular formula is C11H19N3O3S. The van der Waals surface area contributed by atoms with Crippen molar-refractivity contribution in [2.75, 3.05) is 39.6 Å². The number of hydrogen-bond donors (Lipinski definition) is 1. The van der Waals surface area contributed by atoms with Crippen LogP contribution >= 0.6 is 11.8 Å². The second kappa shape index (κ2) is 8.12. The van der Waals surface area contributed by atoms with E-state index in [1.807, 2.05) is 24.9 Å². The number of hydrogen-bond acceptors (Lipinski definition) is 5. The van der Waals surface area contributed by atoms with Crippen LogP contribution in [0.4, 0.5) is 0 Å². The Kier molecular flexibility index (Phi) is 6.77. The normalized spacial score (nSPS) is 11.1. The molecule has 0 saturated carbocycles. The van der Waals surface area contributed by atoms with Crippen LogP contribution in [0.3, 0.4) is 0 Å². The van der Waals surface area contributed by atoms with E-state index in [1.165, 1.54) is 11.8 Å². The third-order valence-corrected chi connectivity index (χ3v) is 3.15. The van der Waals surface area contributed by atoms with Gasteiger partial charge in [-0.25, -0.2) is 4.98 Å². The molecule has 0 bridgehead atoms. The molecule has 1 N–H and O–H groups in total. The van der Waals surface area contributed by atoms with Crippen LogP contribution in [-0.2, 0) is 16.1 Å². The average molecular weight is 273 g/mol. The van der Waals surface area contributed by atoms with E-state index < -0.39 is 5.97 Å². The molecule has 0 spiro atoms. The van der Waals surface area contributed by atoms with Crippen LogP contribution in [0.2, 0.25) is 0 Å². The Morgan fingerprint density at radius 1 is 1.56 bits per heavy atom. The summed E-state index contributed by atoms with van der Waals surface area (Å²) in [5.74, 6) is -0.810. The molecule has 0 aliphatic carbocycles. The van der Waals surface area contributed by atoms with E-state index in [2.05, 4.69) is 9.88 Å². The fourth-order valence-electron chi connectivity index (χ4n) is 1.24. The van der Waals surface area contributed by atoms with Crippen LogP contribution in [0.25, 0.3) is 0 Å². The predicted octanol–water partition coefficient (Wildman–Crippen LogP) is 0.638. The smallest absolute Gasteiger partial charge is 0.313 e. The number of rotatable bonds is 9. The summed E-state index contributed by atoms with van der Waals surface area (Å²) in [6, 6.07) is 0. The van der Waals surface area contributed by atoms with Crippen molar-refractivity contribution in [3.05, 3.63) is 12.4 Å². The highest BCUT2D eigenvalue weighted by atomic mass is 32.2. The van der Waals surface area contributed by atoms with Gasteiger partial charge >= 0.3 is 5.97 Å². The van der Waals surface area contributed by atoms with Gasteiger partial charge in [0.05, 0.1) is 19.0 Å². The highest BCUT2D eigenvalue weighted by Crippen LogP contribution is 2.14. The first-order valence-corrected chi connectivity index (χ1v) is 6.66. The van der Waals surface area contributed by atoms with Gasteiger partial charge < -0.3 is 19.3 Å². The average Bonchev–Trinajstić information content (AvgIpc) is 2.73. The molecule has 0 aliphatic heterocycles. The lowest BCUT2D eigenvalue weighted by Gasteiger charge is -2.10. The number of aliphatic carboxylic acids is 1. The van der Waals surface area contributed by atoms with E-state index in [0.717, 1.165) is 6.54 Å². The van der Waals surface area contributed by atoms with Gasteiger partial charge in [0.1, 0.15) is 0 Å². The molecule has 0 aliphatic rings. The first-order chi connectivity index (χ1) is 8.59. The van der Waals surface area contributed by atoms with Crippen LogP contribution in [0.1, 0.15) is 0 Å². The van der Waals surface area contributed by atoms with Gasteiger partial charge in [-0.2, -0.15) is 0 Å². The van der Waals surface area contributed by atoms with Crippen LogP contribution in [0.5, 0.6) is 0 Å². The summed E-state index contributed by atoms with van der Waals surface area (Å²) in [5, 5.41) is 9.33. The van der Waals surface area contributed by atoms with E-state index in [9.17, 15) is 4.79 Å². The van der Waals surface area contributed by atoms with Crippen molar-refractivity contribution in [1.29, 1.82) is 0 Å². The van der Waals surface area contributed by atoms with Crippen molar-refractivity contribution in [2.24, 2.45) is 0 Å². The quantitative estimate of drug-likeness (QED) is 0.526. The second-order valence-electron chi connectivity index (χ2n) is 4.00. The van der Waals surface area contributed by atoms with Crippen molar-refractivity contribution >= 4 is 17.7 Å². The van der Waals surface area contributed by atoms with Gasteiger partial charge in [-0.05, 0) is 14.1 Å². The molecule has 0 atom stereocenters. The third kappa shape index (κ3) is 6.04. The van der Waals surface area contributed by atoms with Gasteiger partial charge in [-0.3, -0.25) is 4.79 Å². The molecule has 0 aromatic carbocycles. The number of carboxylic acid groups (broad SMARTS) is 1. The lowest BCUT2D eigenvalue weighted by Crippen LogP contribution is -2.19. The minimum atomic E-state index is -0.836. The third-order valence-electron chi connectivity index (χ3n) is 2.16. The number of imidazole rings is 1. The number of nitrogens with zero attached hydrogens (tertiary/aromatic N) is 3. The predicted molar refractivity (Wildman–Crippen MR) is 70.0 cm³/mol. The molecule has 1 heterocycles. The van der Waals surface area contributed by atoms with E-state index >= 15 is 0 Å². The number of carbonyl (C=O) groups is 1. The fraction of sp³-hybridized carbons (Fsp3) is 0.636. The Bertz CT molecular complexity index is 368. The SMILES string of the molecule is CN(C)CCOCCn1ccnc1SCC(=O)O. The maximum atomic E-state index is 10.5. The molecule has 6 nitrogen and oxygen atoms in total. The monoisotopic (exact) mass is 273 g/mol. The van der Waals surface area contributed by atoms with Gasteiger partial charge in [-0.15, -0.1) is 0 Å². The molecule has 1 aromatic heterocycles. The molecule has 102 valence electrons. The molecule has 0 radical (unpaired) electrons.